The standard InChI is InChI=1S/C20H25N3O2S/c24-16(7-8-17-21-14-5-1-2-6-15(14)26-17)22-18-13-9-12-25-20(13)19(18)23-10-3-4-11-23/h1-2,5-6,13,18-20H,3-4,7-12H2,(H,22,24)/t13-,18+,19-,20-/m1/s1. The van der Waals surface area contributed by atoms with E-state index in [-0.39, 0.29) is 11.9 Å². The van der Waals surface area contributed by atoms with Gasteiger partial charge < -0.3 is 10.1 Å². The SMILES string of the molecule is O=C(CCc1nc2ccccc2s1)N[C@H]1[C@H]2CCO[C@H]2[C@@H]1N1CCCC1. The number of thiazole rings is 1. The zero-order chi connectivity index (χ0) is 17.5. The van der Waals surface area contributed by atoms with E-state index >= 15 is 0 Å². The zero-order valence-corrected chi connectivity index (χ0v) is 15.7. The summed E-state index contributed by atoms with van der Waals surface area (Å²) in [5, 5.41) is 4.38. The van der Waals surface area contributed by atoms with E-state index in [1.807, 2.05) is 18.2 Å². The number of carbonyl (C=O) groups is 1. The van der Waals surface area contributed by atoms with Crippen molar-refractivity contribution in [3.8, 4) is 0 Å². The van der Waals surface area contributed by atoms with Crippen LogP contribution in [0.3, 0.4) is 0 Å². The average Bonchev–Trinajstić information content (AvgIpc) is 3.38. The normalized spacial score (nSPS) is 31.1. The van der Waals surface area contributed by atoms with Gasteiger partial charge in [-0.3, -0.25) is 9.69 Å². The summed E-state index contributed by atoms with van der Waals surface area (Å²) in [6, 6.07) is 8.82. The van der Waals surface area contributed by atoms with E-state index in [2.05, 4.69) is 21.3 Å². The number of fused-ring (bicyclic) bond motifs is 2. The maximum absolute atomic E-state index is 12.6. The van der Waals surface area contributed by atoms with Crippen molar-refractivity contribution in [2.24, 2.45) is 5.92 Å². The number of carbonyl (C=O) groups excluding carboxylic acids is 1. The van der Waals surface area contributed by atoms with Gasteiger partial charge in [-0.25, -0.2) is 4.98 Å². The lowest BCUT2D eigenvalue weighted by molar-refractivity contribution is -0.128. The molecule has 2 saturated heterocycles. The highest BCUT2D eigenvalue weighted by atomic mass is 32.1. The number of amides is 1. The summed E-state index contributed by atoms with van der Waals surface area (Å²) in [5.41, 5.74) is 1.03. The van der Waals surface area contributed by atoms with E-state index in [4.69, 9.17) is 4.74 Å². The van der Waals surface area contributed by atoms with Crippen molar-refractivity contribution in [2.45, 2.75) is 50.3 Å². The summed E-state index contributed by atoms with van der Waals surface area (Å²) in [7, 11) is 0. The molecule has 0 spiro atoms. The van der Waals surface area contributed by atoms with Gasteiger partial charge in [0.05, 0.1) is 33.4 Å². The van der Waals surface area contributed by atoms with Gasteiger partial charge in [0, 0.05) is 25.4 Å². The lowest BCUT2D eigenvalue weighted by atomic mass is 9.70. The molecular weight excluding hydrogens is 346 g/mol. The quantitative estimate of drug-likeness (QED) is 0.878. The minimum Gasteiger partial charge on any atom is -0.376 e. The Morgan fingerprint density at radius 3 is 3.00 bits per heavy atom. The Hall–Kier alpha value is -1.50. The molecule has 2 aliphatic heterocycles. The zero-order valence-electron chi connectivity index (χ0n) is 14.9. The number of aromatic nitrogens is 1. The van der Waals surface area contributed by atoms with Crippen molar-refractivity contribution < 1.29 is 9.53 Å². The summed E-state index contributed by atoms with van der Waals surface area (Å²) in [6.45, 7) is 3.14. The van der Waals surface area contributed by atoms with Gasteiger partial charge in [0.25, 0.3) is 0 Å². The molecule has 4 atom stereocenters. The van der Waals surface area contributed by atoms with Crippen LogP contribution in [0.25, 0.3) is 10.2 Å². The lowest BCUT2D eigenvalue weighted by Gasteiger charge is -2.51. The predicted octanol–water partition coefficient (Wildman–Crippen LogP) is 2.60. The molecule has 138 valence electrons. The molecule has 1 saturated carbocycles. The molecule has 5 rings (SSSR count). The number of aryl methyl sites for hydroxylation is 1. The molecule has 1 amide bonds. The van der Waals surface area contributed by atoms with E-state index in [0.29, 0.717) is 24.5 Å². The second-order valence-electron chi connectivity index (χ2n) is 7.69. The first-order valence-corrected chi connectivity index (χ1v) is 10.6. The average molecular weight is 372 g/mol. The number of hydrogen-bond acceptors (Lipinski definition) is 5. The van der Waals surface area contributed by atoms with E-state index in [1.54, 1.807) is 11.3 Å². The highest BCUT2D eigenvalue weighted by Gasteiger charge is 2.56. The van der Waals surface area contributed by atoms with Gasteiger partial charge in [0.2, 0.25) is 5.91 Å². The second-order valence-corrected chi connectivity index (χ2v) is 8.81. The van der Waals surface area contributed by atoms with Crippen molar-refractivity contribution in [3.05, 3.63) is 29.3 Å². The van der Waals surface area contributed by atoms with Gasteiger partial charge in [-0.1, -0.05) is 12.1 Å². The maximum atomic E-state index is 12.6. The Labute approximate surface area is 157 Å². The minimum absolute atomic E-state index is 0.156. The van der Waals surface area contributed by atoms with E-state index in [9.17, 15) is 4.79 Å². The summed E-state index contributed by atoms with van der Waals surface area (Å²) in [5.74, 6) is 0.663. The van der Waals surface area contributed by atoms with Gasteiger partial charge in [0.1, 0.15) is 0 Å². The molecule has 3 aliphatic rings. The monoisotopic (exact) mass is 371 g/mol. The topological polar surface area (TPSA) is 54.5 Å². The summed E-state index contributed by atoms with van der Waals surface area (Å²) >= 11 is 1.69. The lowest BCUT2D eigenvalue weighted by Crippen LogP contribution is -2.70. The van der Waals surface area contributed by atoms with Crippen LogP contribution in [0.4, 0.5) is 0 Å². The van der Waals surface area contributed by atoms with Gasteiger partial charge in [0.15, 0.2) is 0 Å². The molecule has 0 radical (unpaired) electrons. The molecular formula is C20H25N3O2S. The highest BCUT2D eigenvalue weighted by Crippen LogP contribution is 2.42. The Morgan fingerprint density at radius 2 is 2.15 bits per heavy atom. The first-order valence-electron chi connectivity index (χ1n) is 9.79. The van der Waals surface area contributed by atoms with Crippen molar-refractivity contribution in [1.82, 2.24) is 15.2 Å². The van der Waals surface area contributed by atoms with Crippen LogP contribution < -0.4 is 5.32 Å². The maximum Gasteiger partial charge on any atom is 0.220 e. The molecule has 1 aromatic carbocycles. The first-order chi connectivity index (χ1) is 12.8. The highest BCUT2D eigenvalue weighted by molar-refractivity contribution is 7.18. The van der Waals surface area contributed by atoms with Crippen LogP contribution in [0.5, 0.6) is 0 Å². The Bertz CT molecular complexity index is 763. The van der Waals surface area contributed by atoms with Gasteiger partial charge in [-0.2, -0.15) is 0 Å². The minimum atomic E-state index is 0.156. The fourth-order valence-corrected chi connectivity index (χ4v) is 5.82. The van der Waals surface area contributed by atoms with E-state index in [0.717, 1.165) is 43.1 Å². The van der Waals surface area contributed by atoms with Crippen molar-refractivity contribution in [3.63, 3.8) is 0 Å². The third kappa shape index (κ3) is 2.94. The molecule has 3 fully saturated rings. The number of hydrogen-bond donors (Lipinski definition) is 1. The smallest absolute Gasteiger partial charge is 0.220 e. The fraction of sp³-hybridized carbons (Fsp3) is 0.600. The number of benzene rings is 1. The number of likely N-dealkylation sites (tertiary alicyclic amines) is 1. The molecule has 1 aliphatic carbocycles. The molecule has 1 N–H and O–H groups in total. The van der Waals surface area contributed by atoms with Crippen molar-refractivity contribution >= 4 is 27.5 Å². The molecule has 1 aromatic heterocycles. The third-order valence-corrected chi connectivity index (χ3v) is 7.24. The van der Waals surface area contributed by atoms with Gasteiger partial charge >= 0.3 is 0 Å². The number of nitrogens with zero attached hydrogens (tertiary/aromatic N) is 2. The summed E-state index contributed by atoms with van der Waals surface area (Å²) in [4.78, 5) is 19.8. The summed E-state index contributed by atoms with van der Waals surface area (Å²) in [6.07, 6.45) is 5.19. The van der Waals surface area contributed by atoms with Crippen LogP contribution in [0, 0.1) is 5.92 Å². The van der Waals surface area contributed by atoms with Crippen LogP contribution in [0.1, 0.15) is 30.7 Å². The second kappa shape index (κ2) is 6.91. The van der Waals surface area contributed by atoms with Crippen molar-refractivity contribution in [1.29, 1.82) is 0 Å². The third-order valence-electron chi connectivity index (χ3n) is 6.14. The molecule has 0 bridgehead atoms. The predicted molar refractivity (Wildman–Crippen MR) is 102 cm³/mol. The number of para-hydroxylation sites is 1. The van der Waals surface area contributed by atoms with Crippen LogP contribution >= 0.6 is 11.3 Å². The molecule has 6 heteroatoms. The Morgan fingerprint density at radius 1 is 1.31 bits per heavy atom. The first kappa shape index (κ1) is 16.7. The van der Waals surface area contributed by atoms with E-state index in [1.165, 1.54) is 17.5 Å². The largest absolute Gasteiger partial charge is 0.376 e. The van der Waals surface area contributed by atoms with E-state index < -0.39 is 0 Å². The molecule has 26 heavy (non-hydrogen) atoms. The Balaban J connectivity index is 1.20. The van der Waals surface area contributed by atoms with Crippen LogP contribution in [-0.2, 0) is 16.0 Å². The Kier molecular flexibility index (Phi) is 4.43. The number of rotatable bonds is 5. The molecule has 5 nitrogen and oxygen atoms in total. The number of nitrogens with one attached hydrogen (secondary N) is 1. The molecule has 3 heterocycles. The number of ether oxygens (including phenoxy) is 1. The van der Waals surface area contributed by atoms with Crippen LogP contribution in [0.2, 0.25) is 0 Å². The molecule has 0 unspecified atom stereocenters. The fourth-order valence-electron chi connectivity index (χ4n) is 4.85. The van der Waals surface area contributed by atoms with Crippen molar-refractivity contribution in [2.75, 3.05) is 19.7 Å². The van der Waals surface area contributed by atoms with Gasteiger partial charge in [-0.05, 0) is 44.5 Å². The van der Waals surface area contributed by atoms with Crippen LogP contribution in [0.15, 0.2) is 24.3 Å². The summed E-state index contributed by atoms with van der Waals surface area (Å²) < 4.78 is 7.15. The van der Waals surface area contributed by atoms with Gasteiger partial charge in [-0.15, -0.1) is 11.3 Å². The molecule has 2 aromatic rings. The van der Waals surface area contributed by atoms with Crippen LogP contribution in [-0.4, -0.2) is 53.7 Å².